The summed E-state index contributed by atoms with van der Waals surface area (Å²) in [4.78, 5) is 16.2. The molecule has 0 spiro atoms. The summed E-state index contributed by atoms with van der Waals surface area (Å²) in [7, 11) is -6.99. The van der Waals surface area contributed by atoms with Gasteiger partial charge < -0.3 is 5.32 Å². The normalized spacial score (nSPS) is 18.4. The van der Waals surface area contributed by atoms with Gasteiger partial charge in [0.15, 0.2) is 5.13 Å². The zero-order chi connectivity index (χ0) is 19.9. The molecule has 28 heavy (non-hydrogen) atoms. The van der Waals surface area contributed by atoms with Crippen LogP contribution in [0.15, 0.2) is 40.7 Å². The first kappa shape index (κ1) is 19.3. The highest BCUT2D eigenvalue weighted by Gasteiger charge is 2.46. The van der Waals surface area contributed by atoms with Crippen LogP contribution in [0.1, 0.15) is 12.8 Å². The second-order valence-corrected chi connectivity index (χ2v) is 11.5. The molecule has 9 nitrogen and oxygen atoms in total. The van der Waals surface area contributed by atoms with Crippen molar-refractivity contribution in [1.29, 1.82) is 0 Å². The zero-order valence-corrected chi connectivity index (χ0v) is 17.1. The maximum absolute atomic E-state index is 12.3. The maximum Gasteiger partial charge on any atom is 0.263 e. The van der Waals surface area contributed by atoms with Gasteiger partial charge in [-0.1, -0.05) is 0 Å². The first-order chi connectivity index (χ1) is 13.3. The van der Waals surface area contributed by atoms with Crippen LogP contribution in [0.4, 0.5) is 10.8 Å². The lowest BCUT2D eigenvalue weighted by atomic mass is 10.0. The van der Waals surface area contributed by atoms with Crippen LogP contribution >= 0.6 is 11.3 Å². The zero-order valence-electron chi connectivity index (χ0n) is 14.6. The van der Waals surface area contributed by atoms with Gasteiger partial charge in [-0.2, -0.15) is 4.31 Å². The molecule has 12 heteroatoms. The third-order valence-electron chi connectivity index (χ3n) is 4.61. The van der Waals surface area contributed by atoms with Gasteiger partial charge >= 0.3 is 0 Å². The van der Waals surface area contributed by atoms with E-state index in [1.54, 1.807) is 5.38 Å². The van der Waals surface area contributed by atoms with Crippen molar-refractivity contribution in [2.75, 3.05) is 23.1 Å². The number of amides is 1. The van der Waals surface area contributed by atoms with Gasteiger partial charge in [-0.15, -0.1) is 11.3 Å². The lowest BCUT2D eigenvalue weighted by Crippen LogP contribution is -2.55. The number of sulfonamides is 2. The average Bonchev–Trinajstić information content (AvgIpc) is 3.34. The van der Waals surface area contributed by atoms with E-state index in [1.165, 1.54) is 46.1 Å². The largest absolute Gasteiger partial charge is 0.326 e. The molecule has 1 saturated carbocycles. The Morgan fingerprint density at radius 3 is 2.36 bits per heavy atom. The van der Waals surface area contributed by atoms with Gasteiger partial charge in [0.2, 0.25) is 15.9 Å². The van der Waals surface area contributed by atoms with Crippen LogP contribution in [-0.2, 0) is 24.8 Å². The van der Waals surface area contributed by atoms with Crippen LogP contribution in [0.5, 0.6) is 0 Å². The van der Waals surface area contributed by atoms with Crippen LogP contribution < -0.4 is 10.0 Å². The van der Waals surface area contributed by atoms with Crippen molar-refractivity contribution in [3.05, 3.63) is 35.8 Å². The minimum Gasteiger partial charge on any atom is -0.326 e. The topological polar surface area (TPSA) is 126 Å². The second-order valence-electron chi connectivity index (χ2n) is 6.71. The Hall–Kier alpha value is -2.02. The Morgan fingerprint density at radius 1 is 1.11 bits per heavy atom. The summed E-state index contributed by atoms with van der Waals surface area (Å²) >= 11 is 1.17. The maximum atomic E-state index is 12.3. The number of carbonyl (C=O) groups is 1. The SMILES string of the molecule is O=C(Nc1ccc(S(=O)(=O)Nc2nccs2)cc1)C1CN(S(=O)(=O)C2CC2)C1. The van der Waals surface area contributed by atoms with Crippen molar-refractivity contribution >= 4 is 48.1 Å². The number of rotatable bonds is 7. The van der Waals surface area contributed by atoms with Crippen LogP contribution in [-0.4, -0.2) is 50.4 Å². The highest BCUT2D eigenvalue weighted by atomic mass is 32.2. The standard InChI is InChI=1S/C16H18N4O5S3/c21-15(11-9-20(10-11)28(24,25)14-5-6-14)18-12-1-3-13(4-2-12)27(22,23)19-16-17-7-8-26-16/h1-4,7-8,11,14H,5-6,9-10H2,(H,17,19)(H,18,21). The number of hydrogen-bond acceptors (Lipinski definition) is 7. The number of nitrogens with one attached hydrogen (secondary N) is 2. The molecular weight excluding hydrogens is 424 g/mol. The fraction of sp³-hybridized carbons (Fsp3) is 0.375. The molecule has 4 rings (SSSR count). The van der Waals surface area contributed by atoms with Gasteiger partial charge in [0.1, 0.15) is 0 Å². The number of thiazole rings is 1. The Bertz CT molecular complexity index is 1070. The quantitative estimate of drug-likeness (QED) is 0.666. The van der Waals surface area contributed by atoms with Crippen molar-refractivity contribution in [3.63, 3.8) is 0 Å². The number of benzene rings is 1. The van der Waals surface area contributed by atoms with Gasteiger partial charge in [-0.25, -0.2) is 21.8 Å². The molecule has 0 bridgehead atoms. The summed E-state index contributed by atoms with van der Waals surface area (Å²) in [6, 6.07) is 5.75. The Balaban J connectivity index is 1.34. The van der Waals surface area contributed by atoms with E-state index in [0.717, 1.165) is 0 Å². The Morgan fingerprint density at radius 2 is 1.79 bits per heavy atom. The van der Waals surface area contributed by atoms with Crippen molar-refractivity contribution in [1.82, 2.24) is 9.29 Å². The summed E-state index contributed by atoms with van der Waals surface area (Å²) in [6.45, 7) is 0.379. The van der Waals surface area contributed by atoms with E-state index < -0.39 is 26.0 Å². The monoisotopic (exact) mass is 442 g/mol. The van der Waals surface area contributed by atoms with Crippen molar-refractivity contribution in [3.8, 4) is 0 Å². The van der Waals surface area contributed by atoms with E-state index in [2.05, 4.69) is 15.0 Å². The molecule has 2 heterocycles. The van der Waals surface area contributed by atoms with Crippen molar-refractivity contribution < 1.29 is 21.6 Å². The summed E-state index contributed by atoms with van der Waals surface area (Å²) in [5.41, 5.74) is 0.446. The summed E-state index contributed by atoms with van der Waals surface area (Å²) in [5.74, 6) is -0.678. The molecule has 150 valence electrons. The molecule has 2 aromatic rings. The molecule has 1 aromatic heterocycles. The number of aromatic nitrogens is 1. The van der Waals surface area contributed by atoms with Crippen LogP contribution in [0.25, 0.3) is 0 Å². The summed E-state index contributed by atoms with van der Waals surface area (Å²) in [5, 5.41) is 4.36. The van der Waals surface area contributed by atoms with Gasteiger partial charge in [-0.05, 0) is 37.1 Å². The average molecular weight is 443 g/mol. The van der Waals surface area contributed by atoms with Crippen LogP contribution in [0.2, 0.25) is 0 Å². The molecule has 0 radical (unpaired) electrons. The minimum absolute atomic E-state index is 0.0473. The molecule has 1 aliphatic heterocycles. The first-order valence-corrected chi connectivity index (χ1v) is 12.4. The third-order valence-corrected chi connectivity index (χ3v) is 9.11. The molecule has 2 N–H and O–H groups in total. The lowest BCUT2D eigenvalue weighted by Gasteiger charge is -2.37. The molecule has 2 aliphatic rings. The van der Waals surface area contributed by atoms with Crippen molar-refractivity contribution in [2.45, 2.75) is 23.0 Å². The first-order valence-electron chi connectivity index (χ1n) is 8.58. The predicted molar refractivity (Wildman–Crippen MR) is 105 cm³/mol. The lowest BCUT2D eigenvalue weighted by molar-refractivity contribution is -0.122. The fourth-order valence-electron chi connectivity index (χ4n) is 2.80. The molecule has 1 aliphatic carbocycles. The van der Waals surface area contributed by atoms with Crippen LogP contribution in [0.3, 0.4) is 0 Å². The number of hydrogen-bond donors (Lipinski definition) is 2. The molecule has 1 saturated heterocycles. The molecule has 1 aromatic carbocycles. The molecule has 2 fully saturated rings. The van der Waals surface area contributed by atoms with Gasteiger partial charge in [0.25, 0.3) is 10.0 Å². The Kier molecular flexibility index (Phi) is 4.89. The highest BCUT2D eigenvalue weighted by molar-refractivity contribution is 7.93. The van der Waals surface area contributed by atoms with Crippen molar-refractivity contribution in [2.24, 2.45) is 5.92 Å². The summed E-state index contributed by atoms with van der Waals surface area (Å²) in [6.07, 6.45) is 2.89. The smallest absolute Gasteiger partial charge is 0.263 e. The molecule has 0 atom stereocenters. The van der Waals surface area contributed by atoms with E-state index in [4.69, 9.17) is 0 Å². The number of anilines is 2. The van der Waals surface area contributed by atoms with Gasteiger partial charge in [0.05, 0.1) is 16.1 Å². The van der Waals surface area contributed by atoms with E-state index in [9.17, 15) is 21.6 Å². The molecule has 0 unspecified atom stereocenters. The third kappa shape index (κ3) is 3.90. The minimum atomic E-state index is -3.75. The second kappa shape index (κ2) is 7.10. The highest BCUT2D eigenvalue weighted by Crippen LogP contribution is 2.34. The number of nitrogens with zero attached hydrogens (tertiary/aromatic N) is 2. The van der Waals surface area contributed by atoms with E-state index in [1.807, 2.05) is 0 Å². The van der Waals surface area contributed by atoms with E-state index >= 15 is 0 Å². The molecular formula is C16H18N4O5S3. The predicted octanol–water partition coefficient (Wildman–Crippen LogP) is 1.31. The van der Waals surface area contributed by atoms with E-state index in [-0.39, 0.29) is 34.3 Å². The van der Waals surface area contributed by atoms with Gasteiger partial charge in [-0.3, -0.25) is 9.52 Å². The van der Waals surface area contributed by atoms with Crippen LogP contribution in [0, 0.1) is 5.92 Å². The van der Waals surface area contributed by atoms with Gasteiger partial charge in [0, 0.05) is 30.4 Å². The van der Waals surface area contributed by atoms with E-state index in [0.29, 0.717) is 18.5 Å². The number of carbonyl (C=O) groups excluding carboxylic acids is 1. The molecule has 1 amide bonds. The summed E-state index contributed by atoms with van der Waals surface area (Å²) < 4.78 is 52.5. The fourth-order valence-corrected chi connectivity index (χ4v) is 6.52. The Labute approximate surface area is 166 Å².